The molecule has 1 unspecified atom stereocenters. The van der Waals surface area contributed by atoms with Crippen LogP contribution in [-0.2, 0) is 15.0 Å². The van der Waals surface area contributed by atoms with Crippen molar-refractivity contribution in [1.29, 1.82) is 5.26 Å². The summed E-state index contributed by atoms with van der Waals surface area (Å²) in [6.07, 6.45) is 1.23. The van der Waals surface area contributed by atoms with Crippen LogP contribution in [0.15, 0.2) is 45.2 Å². The lowest BCUT2D eigenvalue weighted by molar-refractivity contribution is -0.122. The number of nitrogens with two attached hydrogens (primary N) is 1. The van der Waals surface area contributed by atoms with Crippen molar-refractivity contribution in [3.05, 3.63) is 52.2 Å². The number of Topliss-reactive ketones (excluding diaryl/α,β-unsaturated/α-hetero) is 1. The summed E-state index contributed by atoms with van der Waals surface area (Å²) in [5.74, 6) is -1.43. The number of allylic oxidation sites excluding steroid dienone is 1. The van der Waals surface area contributed by atoms with E-state index in [-0.39, 0.29) is 40.0 Å². The fraction of sp³-hybridized carbons (Fsp3) is 0.318. The van der Waals surface area contributed by atoms with Crippen LogP contribution in [0.3, 0.4) is 0 Å². The largest absolute Gasteiger partial charge is 0.384 e. The average molecular weight is 483 g/mol. The van der Waals surface area contributed by atoms with Gasteiger partial charge < -0.3 is 11.1 Å². The van der Waals surface area contributed by atoms with Gasteiger partial charge in [-0.05, 0) is 31.0 Å². The number of fused-ring (bicyclic) bond motifs is 3. The molecule has 168 valence electrons. The SMILES string of the molecule is CC(C)Sc1nnc(N2C(N)=C(C#N)C3(C(=O)Nc4ccc(F)cc43)C3=C2CCCC3=O)s1. The number of nitrogens with zero attached hydrogens (tertiary/aromatic N) is 4. The summed E-state index contributed by atoms with van der Waals surface area (Å²) < 4.78 is 15.0. The molecule has 11 heteroatoms. The first-order chi connectivity index (χ1) is 15.8. The van der Waals surface area contributed by atoms with Gasteiger partial charge in [-0.25, -0.2) is 4.39 Å². The van der Waals surface area contributed by atoms with Crippen LogP contribution < -0.4 is 16.0 Å². The van der Waals surface area contributed by atoms with Gasteiger partial charge in [-0.2, -0.15) is 5.26 Å². The van der Waals surface area contributed by atoms with Gasteiger partial charge >= 0.3 is 0 Å². The predicted molar refractivity (Wildman–Crippen MR) is 123 cm³/mol. The lowest BCUT2D eigenvalue weighted by Crippen LogP contribution is -2.50. The van der Waals surface area contributed by atoms with Gasteiger partial charge in [0.15, 0.2) is 10.1 Å². The van der Waals surface area contributed by atoms with Crippen molar-refractivity contribution in [3.63, 3.8) is 0 Å². The van der Waals surface area contributed by atoms with Crippen molar-refractivity contribution in [1.82, 2.24) is 10.2 Å². The van der Waals surface area contributed by atoms with E-state index in [2.05, 4.69) is 21.6 Å². The van der Waals surface area contributed by atoms with Gasteiger partial charge in [0.05, 0.1) is 5.57 Å². The summed E-state index contributed by atoms with van der Waals surface area (Å²) in [5, 5.41) is 22.1. The number of amides is 1. The molecule has 0 fully saturated rings. The zero-order valence-electron chi connectivity index (χ0n) is 17.8. The van der Waals surface area contributed by atoms with Crippen molar-refractivity contribution >= 4 is 45.6 Å². The number of hydrogen-bond donors (Lipinski definition) is 2. The summed E-state index contributed by atoms with van der Waals surface area (Å²) in [6.45, 7) is 4.07. The van der Waals surface area contributed by atoms with E-state index in [0.717, 1.165) is 4.34 Å². The van der Waals surface area contributed by atoms with E-state index >= 15 is 0 Å². The van der Waals surface area contributed by atoms with E-state index in [0.29, 0.717) is 29.4 Å². The summed E-state index contributed by atoms with van der Waals surface area (Å²) in [5.41, 5.74) is 5.87. The topological polar surface area (TPSA) is 125 Å². The molecule has 1 atom stereocenters. The molecule has 0 radical (unpaired) electrons. The number of hydrogen-bond acceptors (Lipinski definition) is 9. The van der Waals surface area contributed by atoms with Crippen molar-refractivity contribution < 1.29 is 14.0 Å². The number of rotatable bonds is 3. The molecule has 1 amide bonds. The minimum atomic E-state index is -1.79. The molecule has 0 saturated heterocycles. The number of benzene rings is 1. The van der Waals surface area contributed by atoms with Crippen molar-refractivity contribution in [3.8, 4) is 6.07 Å². The van der Waals surface area contributed by atoms with E-state index in [1.54, 1.807) is 16.7 Å². The standard InChI is InChI=1S/C22H19FN6O2S2/c1-10(2)32-21-28-27-20(33-21)29-15-4-3-5-16(30)17(15)22(13(9-24)18(29)25)12-8-11(23)6-7-14(12)26-19(22)31/h6-8,10H,3-5,25H2,1-2H3,(H,26,31). The Labute approximate surface area is 197 Å². The molecular formula is C22H19FN6O2S2. The smallest absolute Gasteiger partial charge is 0.245 e. The van der Waals surface area contributed by atoms with Crippen molar-refractivity contribution in [2.45, 2.75) is 48.1 Å². The van der Waals surface area contributed by atoms with Crippen molar-refractivity contribution in [2.24, 2.45) is 5.73 Å². The van der Waals surface area contributed by atoms with Gasteiger partial charge in [0, 0.05) is 34.2 Å². The normalized spacial score (nSPS) is 22.1. The highest BCUT2D eigenvalue weighted by atomic mass is 32.2. The van der Waals surface area contributed by atoms with Gasteiger partial charge in [0.25, 0.3) is 0 Å². The molecule has 8 nitrogen and oxygen atoms in total. The summed E-state index contributed by atoms with van der Waals surface area (Å²) in [7, 11) is 0. The maximum absolute atomic E-state index is 14.3. The molecule has 33 heavy (non-hydrogen) atoms. The molecule has 0 bridgehead atoms. The van der Waals surface area contributed by atoms with Crippen LogP contribution in [0.25, 0.3) is 0 Å². The first-order valence-electron chi connectivity index (χ1n) is 10.4. The Hall–Kier alpha value is -3.23. The van der Waals surface area contributed by atoms with E-state index in [9.17, 15) is 19.2 Å². The molecule has 1 aromatic carbocycles. The highest BCUT2D eigenvalue weighted by Gasteiger charge is 2.60. The van der Waals surface area contributed by atoms with E-state index in [1.807, 2.05) is 13.8 Å². The Kier molecular flexibility index (Phi) is 5.02. The van der Waals surface area contributed by atoms with Crippen LogP contribution in [0.1, 0.15) is 38.7 Å². The molecule has 1 aromatic heterocycles. The molecule has 2 aliphatic heterocycles. The molecule has 3 N–H and O–H groups in total. The maximum Gasteiger partial charge on any atom is 0.245 e. The fourth-order valence-electron chi connectivity index (χ4n) is 4.72. The molecule has 0 saturated carbocycles. The molecule has 3 heterocycles. The number of nitrogens with one attached hydrogen (secondary N) is 1. The molecular weight excluding hydrogens is 463 g/mol. The van der Waals surface area contributed by atoms with Gasteiger partial charge in [-0.3, -0.25) is 14.5 Å². The number of thioether (sulfide) groups is 1. The van der Waals surface area contributed by atoms with E-state index in [4.69, 9.17) is 5.73 Å². The molecule has 5 rings (SSSR count). The summed E-state index contributed by atoms with van der Waals surface area (Å²) >= 11 is 2.84. The Bertz CT molecular complexity index is 1320. The predicted octanol–water partition coefficient (Wildman–Crippen LogP) is 3.59. The van der Waals surface area contributed by atoms with E-state index in [1.165, 1.54) is 29.5 Å². The fourth-order valence-corrected chi connectivity index (χ4v) is 6.83. The third-order valence-electron chi connectivity index (χ3n) is 5.91. The second-order valence-corrected chi connectivity index (χ2v) is 11.0. The molecule has 1 spiro atoms. The number of carbonyl (C=O) groups excluding carboxylic acids is 2. The minimum Gasteiger partial charge on any atom is -0.384 e. The van der Waals surface area contributed by atoms with Gasteiger partial charge in [-0.1, -0.05) is 36.9 Å². The van der Waals surface area contributed by atoms with Crippen molar-refractivity contribution in [2.75, 3.05) is 10.2 Å². The minimum absolute atomic E-state index is 0.00421. The number of nitriles is 1. The van der Waals surface area contributed by atoms with Crippen LogP contribution in [0.5, 0.6) is 0 Å². The van der Waals surface area contributed by atoms with Gasteiger partial charge in [-0.15, -0.1) is 10.2 Å². The molecule has 2 aromatic rings. The Morgan fingerprint density at radius 1 is 1.33 bits per heavy atom. The highest BCUT2D eigenvalue weighted by molar-refractivity contribution is 8.01. The summed E-state index contributed by atoms with van der Waals surface area (Å²) in [6, 6.07) is 5.92. The third-order valence-corrected chi connectivity index (χ3v) is 7.91. The maximum atomic E-state index is 14.3. The lowest BCUT2D eigenvalue weighted by atomic mass is 9.64. The number of anilines is 2. The lowest BCUT2D eigenvalue weighted by Gasteiger charge is -2.42. The zero-order chi connectivity index (χ0) is 23.5. The number of halogens is 1. The number of carbonyl (C=O) groups is 2. The molecule has 1 aliphatic carbocycles. The van der Waals surface area contributed by atoms with Crippen LogP contribution in [0.4, 0.5) is 15.2 Å². The number of aromatic nitrogens is 2. The van der Waals surface area contributed by atoms with Crippen LogP contribution in [-0.4, -0.2) is 27.1 Å². The first-order valence-corrected chi connectivity index (χ1v) is 12.1. The monoisotopic (exact) mass is 482 g/mol. The van der Waals surface area contributed by atoms with Gasteiger partial charge in [0.1, 0.15) is 23.1 Å². The average Bonchev–Trinajstić information content (AvgIpc) is 3.31. The second kappa shape index (κ2) is 7.67. The van der Waals surface area contributed by atoms with Crippen LogP contribution in [0, 0.1) is 17.1 Å². The summed E-state index contributed by atoms with van der Waals surface area (Å²) in [4.78, 5) is 28.4. The second-order valence-electron chi connectivity index (χ2n) is 8.22. The Morgan fingerprint density at radius 3 is 2.85 bits per heavy atom. The third kappa shape index (κ3) is 3.01. The quantitative estimate of drug-likeness (QED) is 0.636. The molecule has 3 aliphatic rings. The first kappa shape index (κ1) is 21.6. The Balaban J connectivity index is 1.80. The van der Waals surface area contributed by atoms with E-state index < -0.39 is 17.1 Å². The van der Waals surface area contributed by atoms with Crippen LogP contribution >= 0.6 is 23.1 Å². The van der Waals surface area contributed by atoms with Gasteiger partial charge in [0.2, 0.25) is 11.0 Å². The Morgan fingerprint density at radius 2 is 2.12 bits per heavy atom. The number of ketones is 1. The highest BCUT2D eigenvalue weighted by Crippen LogP contribution is 2.55. The van der Waals surface area contributed by atoms with Crippen LogP contribution in [0.2, 0.25) is 0 Å². The zero-order valence-corrected chi connectivity index (χ0v) is 19.4.